The number of piperazine rings is 1. The van der Waals surface area contributed by atoms with Gasteiger partial charge in [-0.3, -0.25) is 4.90 Å². The Balaban J connectivity index is 2.29. The van der Waals surface area contributed by atoms with Gasteiger partial charge in [-0.2, -0.15) is 0 Å². The molecule has 2 rings (SSSR count). The van der Waals surface area contributed by atoms with Gasteiger partial charge in [0.1, 0.15) is 0 Å². The van der Waals surface area contributed by atoms with Gasteiger partial charge in [-0.15, -0.1) is 19.8 Å². The van der Waals surface area contributed by atoms with E-state index in [2.05, 4.69) is 21.5 Å². The van der Waals surface area contributed by atoms with Crippen molar-refractivity contribution in [2.75, 3.05) is 26.2 Å². The van der Waals surface area contributed by atoms with Crippen molar-refractivity contribution in [2.24, 2.45) is 0 Å². The second kappa shape index (κ2) is 7.70. The Morgan fingerprint density at radius 3 is 2.65 bits per heavy atom. The second-order valence-electron chi connectivity index (χ2n) is 5.41. The summed E-state index contributed by atoms with van der Waals surface area (Å²) in [6, 6.07) is 4.06. The van der Waals surface area contributed by atoms with Crippen LogP contribution in [-0.2, 0) is 0 Å². The molecular weight excluding hydrogens is 309 g/mol. The van der Waals surface area contributed by atoms with Gasteiger partial charge in [-0.25, -0.2) is 0 Å². The largest absolute Gasteiger partial charge is 0.573 e. The molecule has 1 aromatic carbocycles. The van der Waals surface area contributed by atoms with Crippen molar-refractivity contribution >= 4 is 0 Å². The van der Waals surface area contributed by atoms with Crippen molar-refractivity contribution < 1.29 is 23.0 Å². The number of nitrogens with zero attached hydrogens (tertiary/aromatic N) is 1. The normalized spacial score (nSPS) is 17.7. The Bertz CT molecular complexity index is 529. The summed E-state index contributed by atoms with van der Waals surface area (Å²) < 4.78 is 41.3. The van der Waals surface area contributed by atoms with Crippen LogP contribution < -0.4 is 10.1 Å². The highest BCUT2D eigenvalue weighted by atomic mass is 19.4. The second-order valence-corrected chi connectivity index (χ2v) is 5.41. The number of aromatic hydroxyl groups is 1. The van der Waals surface area contributed by atoms with Crippen LogP contribution in [0.25, 0.3) is 0 Å². The first-order chi connectivity index (χ1) is 10.9. The zero-order valence-corrected chi connectivity index (χ0v) is 12.8. The van der Waals surface area contributed by atoms with Gasteiger partial charge in [0.15, 0.2) is 11.5 Å². The zero-order valence-electron chi connectivity index (χ0n) is 12.8. The third-order valence-electron chi connectivity index (χ3n) is 3.85. The minimum absolute atomic E-state index is 0.174. The van der Waals surface area contributed by atoms with Gasteiger partial charge in [0, 0.05) is 37.8 Å². The van der Waals surface area contributed by atoms with E-state index < -0.39 is 17.9 Å². The summed E-state index contributed by atoms with van der Waals surface area (Å²) in [7, 11) is 0. The van der Waals surface area contributed by atoms with Crippen LogP contribution >= 0.6 is 0 Å². The molecular formula is C16H21F3N2O2. The first-order valence-electron chi connectivity index (χ1n) is 7.55. The highest BCUT2D eigenvalue weighted by Crippen LogP contribution is 2.40. The third-order valence-corrected chi connectivity index (χ3v) is 3.85. The van der Waals surface area contributed by atoms with Crippen LogP contribution in [-0.4, -0.2) is 42.5 Å². The summed E-state index contributed by atoms with van der Waals surface area (Å²) in [6.45, 7) is 6.85. The molecule has 1 aliphatic heterocycles. The van der Waals surface area contributed by atoms with E-state index in [-0.39, 0.29) is 6.04 Å². The first kappa shape index (κ1) is 17.6. The van der Waals surface area contributed by atoms with Crippen LogP contribution in [0.5, 0.6) is 11.5 Å². The Kier molecular flexibility index (Phi) is 5.90. The lowest BCUT2D eigenvalue weighted by Crippen LogP contribution is -2.45. The lowest BCUT2D eigenvalue weighted by molar-refractivity contribution is -0.275. The maximum atomic E-state index is 12.4. The molecule has 23 heavy (non-hydrogen) atoms. The number of allylic oxidation sites excluding steroid dienone is 1. The highest BCUT2D eigenvalue weighted by Gasteiger charge is 2.33. The summed E-state index contributed by atoms with van der Waals surface area (Å²) in [6.07, 6.45) is -1.69. The van der Waals surface area contributed by atoms with E-state index in [9.17, 15) is 18.3 Å². The predicted molar refractivity (Wildman–Crippen MR) is 81.4 cm³/mol. The van der Waals surface area contributed by atoms with Crippen molar-refractivity contribution in [2.45, 2.75) is 25.2 Å². The van der Waals surface area contributed by atoms with E-state index in [1.54, 1.807) is 12.1 Å². The molecule has 2 N–H and O–H groups in total. The van der Waals surface area contributed by atoms with E-state index in [0.717, 1.165) is 32.2 Å². The van der Waals surface area contributed by atoms with E-state index in [1.807, 2.05) is 0 Å². The molecule has 4 nitrogen and oxygen atoms in total. The monoisotopic (exact) mass is 330 g/mol. The van der Waals surface area contributed by atoms with Gasteiger partial charge < -0.3 is 15.2 Å². The Morgan fingerprint density at radius 1 is 1.35 bits per heavy atom. The molecule has 0 amide bonds. The highest BCUT2D eigenvalue weighted by molar-refractivity contribution is 5.47. The van der Waals surface area contributed by atoms with E-state index in [1.165, 1.54) is 6.07 Å². The molecule has 0 bridgehead atoms. The number of phenols is 1. The molecule has 1 aromatic rings. The van der Waals surface area contributed by atoms with Crippen LogP contribution in [0.1, 0.15) is 24.4 Å². The van der Waals surface area contributed by atoms with E-state index in [4.69, 9.17) is 0 Å². The van der Waals surface area contributed by atoms with Crippen molar-refractivity contribution in [3.05, 3.63) is 36.4 Å². The van der Waals surface area contributed by atoms with E-state index in [0.29, 0.717) is 18.4 Å². The number of phenolic OH excluding ortho intramolecular Hbond substituents is 1. The fraction of sp³-hybridized carbons (Fsp3) is 0.500. The molecule has 128 valence electrons. The molecule has 1 aliphatic rings. The lowest BCUT2D eigenvalue weighted by atomic mass is 9.98. The Labute approximate surface area is 133 Å². The Morgan fingerprint density at radius 2 is 2.04 bits per heavy atom. The average molecular weight is 330 g/mol. The maximum Gasteiger partial charge on any atom is 0.573 e. The summed E-state index contributed by atoms with van der Waals surface area (Å²) in [5.41, 5.74) is 0.454. The van der Waals surface area contributed by atoms with Gasteiger partial charge in [0.05, 0.1) is 0 Å². The first-order valence-corrected chi connectivity index (χ1v) is 7.55. The smallest absolute Gasteiger partial charge is 0.504 e. The van der Waals surface area contributed by atoms with Crippen LogP contribution in [0.4, 0.5) is 13.2 Å². The fourth-order valence-electron chi connectivity index (χ4n) is 2.82. The molecule has 0 aromatic heterocycles. The number of halogens is 3. The molecule has 1 atom stereocenters. The van der Waals surface area contributed by atoms with E-state index >= 15 is 0 Å². The molecule has 1 fully saturated rings. The maximum absolute atomic E-state index is 12.4. The number of rotatable bonds is 6. The molecule has 0 radical (unpaired) electrons. The number of benzene rings is 1. The van der Waals surface area contributed by atoms with Crippen LogP contribution in [0.3, 0.4) is 0 Å². The van der Waals surface area contributed by atoms with Crippen LogP contribution in [0.2, 0.25) is 0 Å². The van der Waals surface area contributed by atoms with Crippen molar-refractivity contribution in [1.82, 2.24) is 10.2 Å². The summed E-state index contributed by atoms with van der Waals surface area (Å²) in [5, 5.41) is 13.5. The molecule has 1 heterocycles. The summed E-state index contributed by atoms with van der Waals surface area (Å²) in [4.78, 5) is 2.16. The van der Waals surface area contributed by atoms with Crippen molar-refractivity contribution in [1.29, 1.82) is 0 Å². The molecule has 0 saturated carbocycles. The summed E-state index contributed by atoms with van der Waals surface area (Å²) >= 11 is 0. The number of hydrogen-bond acceptors (Lipinski definition) is 4. The quantitative estimate of drug-likeness (QED) is 0.786. The van der Waals surface area contributed by atoms with Gasteiger partial charge in [-0.05, 0) is 18.9 Å². The topological polar surface area (TPSA) is 44.7 Å². The van der Waals surface area contributed by atoms with Gasteiger partial charge in [-0.1, -0.05) is 18.2 Å². The number of alkyl halides is 3. The summed E-state index contributed by atoms with van der Waals surface area (Å²) in [5.74, 6) is -1.01. The van der Waals surface area contributed by atoms with Gasteiger partial charge in [0.25, 0.3) is 0 Å². The number of hydrogen-bond donors (Lipinski definition) is 2. The van der Waals surface area contributed by atoms with Crippen molar-refractivity contribution in [3.8, 4) is 11.5 Å². The molecule has 0 spiro atoms. The number of nitrogens with one attached hydrogen (secondary N) is 1. The molecule has 1 saturated heterocycles. The zero-order chi connectivity index (χ0) is 16.9. The SMILES string of the molecule is C=CCC[C@@H](c1cccc(OC(F)(F)F)c1O)N1CCNCC1. The van der Waals surface area contributed by atoms with Crippen LogP contribution in [0, 0.1) is 0 Å². The lowest BCUT2D eigenvalue weighted by Gasteiger charge is -2.35. The third kappa shape index (κ3) is 4.87. The predicted octanol–water partition coefficient (Wildman–Crippen LogP) is 3.20. The molecule has 0 aliphatic carbocycles. The van der Waals surface area contributed by atoms with Crippen LogP contribution in [0.15, 0.2) is 30.9 Å². The number of para-hydroxylation sites is 1. The molecule has 7 heteroatoms. The number of ether oxygens (including phenoxy) is 1. The minimum Gasteiger partial charge on any atom is -0.504 e. The van der Waals surface area contributed by atoms with Gasteiger partial charge >= 0.3 is 6.36 Å². The minimum atomic E-state index is -4.83. The standard InChI is InChI=1S/C16H21F3N2O2/c1-2-3-6-13(21-10-8-20-9-11-21)12-5-4-7-14(15(12)22)23-16(17,18)19/h2,4-5,7,13,20,22H,1,3,6,8-11H2/t13-/m0/s1. The fourth-order valence-corrected chi connectivity index (χ4v) is 2.82. The Hall–Kier alpha value is -1.73. The van der Waals surface area contributed by atoms with Gasteiger partial charge in [0.2, 0.25) is 0 Å². The average Bonchev–Trinajstić information content (AvgIpc) is 2.51. The molecule has 0 unspecified atom stereocenters. The van der Waals surface area contributed by atoms with Crippen molar-refractivity contribution in [3.63, 3.8) is 0 Å².